The van der Waals surface area contributed by atoms with Crippen molar-refractivity contribution in [3.05, 3.63) is 218 Å². The van der Waals surface area contributed by atoms with Gasteiger partial charge in [0.1, 0.15) is 11.2 Å². The van der Waals surface area contributed by atoms with Gasteiger partial charge in [0.2, 0.25) is 0 Å². The lowest BCUT2D eigenvalue weighted by Gasteiger charge is -2.26. The molecule has 3 nitrogen and oxygen atoms in total. The number of para-hydroxylation sites is 2. The first-order valence-corrected chi connectivity index (χ1v) is 19.4. The second-order valence-electron chi connectivity index (χ2n) is 14.5. The van der Waals surface area contributed by atoms with E-state index in [1.165, 1.54) is 27.6 Å². The van der Waals surface area contributed by atoms with Crippen LogP contribution in [-0.4, -0.2) is 4.57 Å². The summed E-state index contributed by atoms with van der Waals surface area (Å²) in [5, 5.41) is 4.62. The lowest BCUT2D eigenvalue weighted by atomic mass is 10.0. The summed E-state index contributed by atoms with van der Waals surface area (Å²) >= 11 is 0. The van der Waals surface area contributed by atoms with E-state index in [4.69, 9.17) is 4.42 Å². The molecular formula is C54H36N2O. The molecule has 57 heavy (non-hydrogen) atoms. The quantitative estimate of drug-likeness (QED) is 0.163. The highest BCUT2D eigenvalue weighted by atomic mass is 16.3. The van der Waals surface area contributed by atoms with Crippen LogP contribution in [0.3, 0.4) is 0 Å². The molecule has 3 heteroatoms. The Labute approximate surface area is 330 Å². The monoisotopic (exact) mass is 728 g/mol. The van der Waals surface area contributed by atoms with Crippen LogP contribution in [0.15, 0.2) is 223 Å². The maximum absolute atomic E-state index is 6.51. The first kappa shape index (κ1) is 32.8. The third-order valence-electron chi connectivity index (χ3n) is 11.2. The zero-order valence-electron chi connectivity index (χ0n) is 31.1. The number of anilines is 3. The minimum Gasteiger partial charge on any atom is -0.455 e. The van der Waals surface area contributed by atoms with Crippen molar-refractivity contribution in [1.82, 2.24) is 4.57 Å². The van der Waals surface area contributed by atoms with E-state index in [0.29, 0.717) is 0 Å². The summed E-state index contributed by atoms with van der Waals surface area (Å²) in [7, 11) is 0. The molecule has 0 unspecified atom stereocenters. The number of rotatable bonds is 7. The molecule has 0 bridgehead atoms. The highest BCUT2D eigenvalue weighted by molar-refractivity contribution is 6.23. The molecule has 9 aromatic carbocycles. The molecular weight excluding hydrogens is 693 g/mol. The van der Waals surface area contributed by atoms with Crippen LogP contribution in [0.2, 0.25) is 0 Å². The molecule has 11 aromatic rings. The van der Waals surface area contributed by atoms with Crippen LogP contribution >= 0.6 is 0 Å². The molecule has 0 N–H and O–H groups in total. The van der Waals surface area contributed by atoms with Crippen molar-refractivity contribution in [3.63, 3.8) is 0 Å². The van der Waals surface area contributed by atoms with Crippen LogP contribution in [0.25, 0.3) is 82.8 Å². The van der Waals surface area contributed by atoms with E-state index in [9.17, 15) is 0 Å². The van der Waals surface area contributed by atoms with Crippen LogP contribution in [0, 0.1) is 0 Å². The topological polar surface area (TPSA) is 21.3 Å². The Hall–Kier alpha value is -7.62. The zero-order chi connectivity index (χ0) is 37.7. The number of furan rings is 1. The highest BCUT2D eigenvalue weighted by Gasteiger charge is 2.19. The smallest absolute Gasteiger partial charge is 0.145 e. The van der Waals surface area contributed by atoms with E-state index >= 15 is 0 Å². The van der Waals surface area contributed by atoms with E-state index in [1.54, 1.807) is 0 Å². The molecule has 0 amide bonds. The maximum Gasteiger partial charge on any atom is 0.145 e. The van der Waals surface area contributed by atoms with Gasteiger partial charge in [-0.25, -0.2) is 0 Å². The largest absolute Gasteiger partial charge is 0.455 e. The third kappa shape index (κ3) is 5.68. The van der Waals surface area contributed by atoms with Gasteiger partial charge in [-0.3, -0.25) is 0 Å². The Kier molecular flexibility index (Phi) is 7.82. The standard InChI is InChI=1S/C54H36N2O/c1-3-11-37(12-4-1)39-19-27-43(28-20-39)55(44-29-21-40(22-30-44)38-13-5-2-6-14-38)45-31-23-41(24-32-45)42-25-33-46(34-26-42)56-50-17-9-7-16-49(50)53-51(56)36-35-48-47-15-8-10-18-52(47)57-54(48)53/h1-36H. The predicted octanol–water partition coefficient (Wildman–Crippen LogP) is 15.2. The van der Waals surface area contributed by atoms with Gasteiger partial charge in [-0.2, -0.15) is 0 Å². The van der Waals surface area contributed by atoms with Crippen LogP contribution in [-0.2, 0) is 0 Å². The van der Waals surface area contributed by atoms with Crippen LogP contribution in [0.4, 0.5) is 17.1 Å². The Morgan fingerprint density at radius 3 is 1.30 bits per heavy atom. The van der Waals surface area contributed by atoms with Crippen molar-refractivity contribution >= 4 is 60.8 Å². The van der Waals surface area contributed by atoms with Crippen molar-refractivity contribution in [2.75, 3.05) is 4.90 Å². The fourth-order valence-electron chi connectivity index (χ4n) is 8.43. The maximum atomic E-state index is 6.51. The number of nitrogens with zero attached hydrogens (tertiary/aromatic N) is 2. The summed E-state index contributed by atoms with van der Waals surface area (Å²) < 4.78 is 8.87. The minimum absolute atomic E-state index is 0.914. The second kappa shape index (κ2) is 13.6. The number of aromatic nitrogens is 1. The molecule has 0 aliphatic carbocycles. The molecule has 0 atom stereocenters. The van der Waals surface area contributed by atoms with Gasteiger partial charge in [-0.15, -0.1) is 0 Å². The van der Waals surface area contributed by atoms with Crippen molar-refractivity contribution in [2.24, 2.45) is 0 Å². The molecule has 0 saturated carbocycles. The van der Waals surface area contributed by atoms with E-state index in [2.05, 4.69) is 222 Å². The lowest BCUT2D eigenvalue weighted by Crippen LogP contribution is -2.09. The molecule has 0 spiro atoms. The van der Waals surface area contributed by atoms with Crippen molar-refractivity contribution in [2.45, 2.75) is 0 Å². The number of hydrogen-bond acceptors (Lipinski definition) is 2. The fraction of sp³-hybridized carbons (Fsp3) is 0. The molecule has 0 radical (unpaired) electrons. The van der Waals surface area contributed by atoms with E-state index in [1.807, 2.05) is 6.07 Å². The van der Waals surface area contributed by atoms with Gasteiger partial charge in [-0.05, 0) is 106 Å². The summed E-state index contributed by atoms with van der Waals surface area (Å²) in [6.45, 7) is 0. The van der Waals surface area contributed by atoms with Crippen LogP contribution in [0.1, 0.15) is 0 Å². The molecule has 268 valence electrons. The average Bonchev–Trinajstić information content (AvgIpc) is 3.84. The molecule has 11 rings (SSSR count). The normalized spacial score (nSPS) is 11.5. The number of hydrogen-bond donors (Lipinski definition) is 0. The van der Waals surface area contributed by atoms with E-state index < -0.39 is 0 Å². The van der Waals surface area contributed by atoms with Crippen molar-refractivity contribution in [1.29, 1.82) is 0 Å². The summed E-state index contributed by atoms with van der Waals surface area (Å²) in [5.74, 6) is 0. The van der Waals surface area contributed by atoms with E-state index in [-0.39, 0.29) is 0 Å². The molecule has 0 aliphatic rings. The first-order chi connectivity index (χ1) is 28.3. The molecule has 2 aromatic heterocycles. The Balaban J connectivity index is 0.946. The van der Waals surface area contributed by atoms with Gasteiger partial charge < -0.3 is 13.9 Å². The zero-order valence-corrected chi connectivity index (χ0v) is 31.1. The summed E-state index contributed by atoms with van der Waals surface area (Å²) in [6.07, 6.45) is 0. The summed E-state index contributed by atoms with van der Waals surface area (Å²) in [5.41, 5.74) is 15.7. The lowest BCUT2D eigenvalue weighted by molar-refractivity contribution is 0.673. The van der Waals surface area contributed by atoms with Gasteiger partial charge in [0, 0.05) is 38.9 Å². The predicted molar refractivity (Wildman–Crippen MR) is 239 cm³/mol. The molecule has 2 heterocycles. The van der Waals surface area contributed by atoms with Gasteiger partial charge in [0.05, 0.1) is 16.4 Å². The summed E-state index contributed by atoms with van der Waals surface area (Å²) in [6, 6.07) is 78.0. The summed E-state index contributed by atoms with van der Waals surface area (Å²) in [4.78, 5) is 2.33. The Morgan fingerprint density at radius 1 is 0.316 bits per heavy atom. The minimum atomic E-state index is 0.914. The Bertz CT molecular complexity index is 3100. The van der Waals surface area contributed by atoms with Crippen LogP contribution < -0.4 is 4.90 Å². The van der Waals surface area contributed by atoms with Crippen LogP contribution in [0.5, 0.6) is 0 Å². The first-order valence-electron chi connectivity index (χ1n) is 19.4. The van der Waals surface area contributed by atoms with Crippen molar-refractivity contribution in [3.8, 4) is 39.1 Å². The van der Waals surface area contributed by atoms with Gasteiger partial charge in [-0.1, -0.05) is 146 Å². The van der Waals surface area contributed by atoms with Gasteiger partial charge in [0.25, 0.3) is 0 Å². The third-order valence-corrected chi connectivity index (χ3v) is 11.2. The molecule has 0 saturated heterocycles. The fourth-order valence-corrected chi connectivity index (χ4v) is 8.43. The number of fused-ring (bicyclic) bond motifs is 7. The Morgan fingerprint density at radius 2 is 0.754 bits per heavy atom. The average molecular weight is 729 g/mol. The highest BCUT2D eigenvalue weighted by Crippen LogP contribution is 2.41. The van der Waals surface area contributed by atoms with Gasteiger partial charge >= 0.3 is 0 Å². The molecule has 0 fully saturated rings. The van der Waals surface area contributed by atoms with Gasteiger partial charge in [0.15, 0.2) is 0 Å². The number of benzene rings is 9. The van der Waals surface area contributed by atoms with Crippen molar-refractivity contribution < 1.29 is 4.42 Å². The van der Waals surface area contributed by atoms with E-state index in [0.717, 1.165) is 72.2 Å². The molecule has 0 aliphatic heterocycles. The SMILES string of the molecule is c1ccc(-c2ccc(N(c3ccc(-c4ccccc4)cc3)c3ccc(-c4ccc(-n5c6ccccc6c6c7oc8ccccc8c7ccc65)cc4)cc3)cc2)cc1. The second-order valence-corrected chi connectivity index (χ2v) is 14.5.